The Morgan fingerprint density at radius 2 is 2.12 bits per heavy atom. The zero-order valence-electron chi connectivity index (χ0n) is 19.1. The first kappa shape index (κ1) is 25.2. The van der Waals surface area contributed by atoms with Crippen molar-refractivity contribution in [3.05, 3.63) is 23.3 Å². The molecular formula is C22H32N4O6S. The van der Waals surface area contributed by atoms with Crippen LogP contribution in [-0.2, 0) is 14.8 Å². The molecule has 0 spiro atoms. The van der Waals surface area contributed by atoms with Crippen molar-refractivity contribution in [2.24, 2.45) is 5.92 Å². The molecule has 1 saturated heterocycles. The van der Waals surface area contributed by atoms with E-state index in [0.29, 0.717) is 68.3 Å². The fraction of sp³-hybridized carbons (Fsp3) is 0.636. The molecular weight excluding hydrogens is 448 g/mol. The number of nitrogens with zero attached hydrogens (tertiary/aromatic N) is 2. The molecule has 0 aliphatic carbocycles. The monoisotopic (exact) mass is 480 g/mol. The number of nitrogens with one attached hydrogen (secondary N) is 2. The molecule has 1 fully saturated rings. The number of fused-ring (bicyclic) bond motifs is 1. The molecule has 3 rings (SSSR count). The van der Waals surface area contributed by atoms with Gasteiger partial charge in [0.05, 0.1) is 42.8 Å². The van der Waals surface area contributed by atoms with Crippen LogP contribution in [0.2, 0.25) is 0 Å². The number of methoxy groups -OCH3 is 1. The van der Waals surface area contributed by atoms with Gasteiger partial charge in [-0.25, -0.2) is 13.1 Å². The van der Waals surface area contributed by atoms with Crippen LogP contribution < -0.4 is 19.5 Å². The van der Waals surface area contributed by atoms with Gasteiger partial charge in [-0.05, 0) is 32.0 Å². The van der Waals surface area contributed by atoms with Gasteiger partial charge in [0.2, 0.25) is 10.0 Å². The summed E-state index contributed by atoms with van der Waals surface area (Å²) >= 11 is 0. The number of hydrogen-bond acceptors (Lipinski definition) is 8. The highest BCUT2D eigenvalue weighted by Crippen LogP contribution is 2.35. The summed E-state index contributed by atoms with van der Waals surface area (Å²) in [6, 6.07) is 5.20. The first-order valence-electron chi connectivity index (χ1n) is 11.1. The SMILES string of the molecule is CO[C@@H]1CN(CCCNS(C)(=O)=O)CCC1CNC(=O)c1cc(C#N)cc2c1OCCCO2. The Hall–Kier alpha value is -2.39. The van der Waals surface area contributed by atoms with Gasteiger partial charge < -0.3 is 24.4 Å². The van der Waals surface area contributed by atoms with Gasteiger partial charge in [0.25, 0.3) is 5.91 Å². The summed E-state index contributed by atoms with van der Waals surface area (Å²) in [6.45, 7) is 4.09. The minimum atomic E-state index is -3.17. The Morgan fingerprint density at radius 3 is 2.85 bits per heavy atom. The summed E-state index contributed by atoms with van der Waals surface area (Å²) in [5, 5.41) is 12.3. The Kier molecular flexibility index (Phi) is 8.91. The van der Waals surface area contributed by atoms with Crippen molar-refractivity contribution in [1.29, 1.82) is 5.26 Å². The molecule has 1 unspecified atom stereocenters. The van der Waals surface area contributed by atoms with Crippen LogP contribution in [-0.4, -0.2) is 84.6 Å². The first-order valence-corrected chi connectivity index (χ1v) is 13.0. The van der Waals surface area contributed by atoms with Gasteiger partial charge in [-0.1, -0.05) is 0 Å². The molecule has 2 aliphatic rings. The largest absolute Gasteiger partial charge is 0.489 e. The molecule has 2 N–H and O–H groups in total. The average molecular weight is 481 g/mol. The van der Waals surface area contributed by atoms with Gasteiger partial charge in [-0.3, -0.25) is 4.79 Å². The van der Waals surface area contributed by atoms with Crippen molar-refractivity contribution in [2.75, 3.05) is 59.3 Å². The van der Waals surface area contributed by atoms with Gasteiger partial charge in [0.1, 0.15) is 0 Å². The Morgan fingerprint density at radius 1 is 1.33 bits per heavy atom. The quantitative estimate of drug-likeness (QED) is 0.495. The van der Waals surface area contributed by atoms with Crippen LogP contribution >= 0.6 is 0 Å². The number of carbonyl (C=O) groups is 1. The van der Waals surface area contributed by atoms with Gasteiger partial charge >= 0.3 is 0 Å². The summed E-state index contributed by atoms with van der Waals surface area (Å²) < 4.78 is 41.9. The minimum Gasteiger partial charge on any atom is -0.489 e. The number of sulfonamides is 1. The lowest BCUT2D eigenvalue weighted by molar-refractivity contribution is -0.0105. The Labute approximate surface area is 195 Å². The summed E-state index contributed by atoms with van der Waals surface area (Å²) in [4.78, 5) is 15.2. The first-order chi connectivity index (χ1) is 15.8. The van der Waals surface area contributed by atoms with E-state index in [0.717, 1.165) is 25.8 Å². The van der Waals surface area contributed by atoms with Crippen LogP contribution in [0.25, 0.3) is 0 Å². The predicted octanol–water partition coefficient (Wildman–Crippen LogP) is 0.726. The van der Waals surface area contributed by atoms with Crippen LogP contribution in [0.4, 0.5) is 0 Å². The topological polar surface area (TPSA) is 130 Å². The van der Waals surface area contributed by atoms with Crippen molar-refractivity contribution < 1.29 is 27.4 Å². The van der Waals surface area contributed by atoms with E-state index in [4.69, 9.17) is 14.2 Å². The molecule has 182 valence electrons. The lowest BCUT2D eigenvalue weighted by Gasteiger charge is -2.38. The third kappa shape index (κ3) is 7.30. The standard InChI is InChI=1S/C22H32N4O6S/c1-30-20-15-26(7-3-6-25-33(2,28)29)8-5-17(20)14-24-22(27)18-11-16(13-23)12-19-21(18)32-10-4-9-31-19/h11-12,17,20,25H,3-10,14-15H2,1-2H3,(H,24,27)/t17?,20-/m1/s1. The third-order valence-electron chi connectivity index (χ3n) is 5.84. The third-order valence-corrected chi connectivity index (χ3v) is 6.57. The number of piperidine rings is 1. The highest BCUT2D eigenvalue weighted by Gasteiger charge is 2.30. The van der Waals surface area contributed by atoms with E-state index in [1.165, 1.54) is 6.07 Å². The molecule has 1 aromatic rings. The number of likely N-dealkylation sites (tertiary alicyclic amines) is 1. The molecule has 10 nitrogen and oxygen atoms in total. The molecule has 0 bridgehead atoms. The number of nitriles is 1. The summed E-state index contributed by atoms with van der Waals surface area (Å²) in [6.07, 6.45) is 3.36. The van der Waals surface area contributed by atoms with Crippen LogP contribution in [0, 0.1) is 17.2 Å². The van der Waals surface area contributed by atoms with E-state index in [-0.39, 0.29) is 17.9 Å². The van der Waals surface area contributed by atoms with Gasteiger partial charge in [-0.15, -0.1) is 0 Å². The molecule has 0 saturated carbocycles. The van der Waals surface area contributed by atoms with E-state index in [1.807, 2.05) is 0 Å². The Bertz CT molecular complexity index is 978. The second-order valence-corrected chi connectivity index (χ2v) is 10.2. The number of benzene rings is 1. The number of amides is 1. The minimum absolute atomic E-state index is 0.0518. The van der Waals surface area contributed by atoms with Crippen molar-refractivity contribution in [1.82, 2.24) is 14.9 Å². The van der Waals surface area contributed by atoms with E-state index in [2.05, 4.69) is 21.0 Å². The van der Waals surface area contributed by atoms with Crippen LogP contribution in [0.1, 0.15) is 35.2 Å². The molecule has 1 amide bonds. The average Bonchev–Trinajstić information content (AvgIpc) is 3.04. The van der Waals surface area contributed by atoms with Crippen molar-refractivity contribution in [3.63, 3.8) is 0 Å². The lowest BCUT2D eigenvalue weighted by atomic mass is 9.93. The highest BCUT2D eigenvalue weighted by atomic mass is 32.2. The molecule has 11 heteroatoms. The second kappa shape index (κ2) is 11.7. The summed E-state index contributed by atoms with van der Waals surface area (Å²) in [5.74, 6) is 0.632. The number of rotatable bonds is 9. The van der Waals surface area contributed by atoms with E-state index in [9.17, 15) is 18.5 Å². The molecule has 0 aromatic heterocycles. The molecule has 0 radical (unpaired) electrons. The van der Waals surface area contributed by atoms with E-state index >= 15 is 0 Å². The summed E-state index contributed by atoms with van der Waals surface area (Å²) in [7, 11) is -1.51. The Balaban J connectivity index is 1.56. The number of carbonyl (C=O) groups excluding carboxylic acids is 1. The maximum atomic E-state index is 13.0. The maximum Gasteiger partial charge on any atom is 0.255 e. The molecule has 2 atom stereocenters. The van der Waals surface area contributed by atoms with Crippen LogP contribution in [0.3, 0.4) is 0 Å². The molecule has 33 heavy (non-hydrogen) atoms. The fourth-order valence-corrected chi connectivity index (χ4v) is 4.63. The van der Waals surface area contributed by atoms with Gasteiger partial charge in [0.15, 0.2) is 11.5 Å². The number of hydrogen-bond donors (Lipinski definition) is 2. The van der Waals surface area contributed by atoms with Crippen LogP contribution in [0.5, 0.6) is 11.5 Å². The van der Waals surface area contributed by atoms with Crippen LogP contribution in [0.15, 0.2) is 12.1 Å². The lowest BCUT2D eigenvalue weighted by Crippen LogP contribution is -2.49. The normalized spacial score (nSPS) is 21.1. The van der Waals surface area contributed by atoms with Gasteiger partial charge in [-0.2, -0.15) is 5.26 Å². The highest BCUT2D eigenvalue weighted by molar-refractivity contribution is 7.88. The van der Waals surface area contributed by atoms with E-state index < -0.39 is 10.0 Å². The smallest absolute Gasteiger partial charge is 0.255 e. The predicted molar refractivity (Wildman–Crippen MR) is 122 cm³/mol. The van der Waals surface area contributed by atoms with Crippen molar-refractivity contribution in [3.8, 4) is 17.6 Å². The fourth-order valence-electron chi connectivity index (χ4n) is 4.12. The van der Waals surface area contributed by atoms with Crippen molar-refractivity contribution in [2.45, 2.75) is 25.4 Å². The van der Waals surface area contributed by atoms with E-state index in [1.54, 1.807) is 13.2 Å². The molecule has 2 aliphatic heterocycles. The molecule has 1 aromatic carbocycles. The maximum absolute atomic E-state index is 13.0. The van der Waals surface area contributed by atoms with Crippen molar-refractivity contribution >= 4 is 15.9 Å². The zero-order chi connectivity index (χ0) is 23.8. The number of ether oxygens (including phenoxy) is 3. The molecule has 2 heterocycles. The van der Waals surface area contributed by atoms with Gasteiger partial charge in [0, 0.05) is 45.1 Å². The second-order valence-electron chi connectivity index (χ2n) is 8.37. The summed E-state index contributed by atoms with van der Waals surface area (Å²) in [5.41, 5.74) is 0.647. The zero-order valence-corrected chi connectivity index (χ0v) is 19.9.